The number of likely N-dealkylation sites (N-methyl/N-ethyl adjacent to an activating group) is 1. The lowest BCUT2D eigenvalue weighted by Crippen LogP contribution is -2.50. The Morgan fingerprint density at radius 2 is 1.76 bits per heavy atom. The van der Waals surface area contributed by atoms with Gasteiger partial charge in [0.2, 0.25) is 11.8 Å². The molecule has 0 aromatic heterocycles. The van der Waals surface area contributed by atoms with Gasteiger partial charge in [-0.3, -0.25) is 9.59 Å². The highest BCUT2D eigenvalue weighted by Crippen LogP contribution is 2.27. The lowest BCUT2D eigenvalue weighted by atomic mass is 10.1. The Hall–Kier alpha value is -2.28. The Morgan fingerprint density at radius 1 is 1.08 bits per heavy atom. The maximum Gasteiger partial charge on any atom is 0.242 e. The van der Waals surface area contributed by atoms with E-state index in [0.29, 0.717) is 24.3 Å². The molecule has 1 aromatic carbocycles. The van der Waals surface area contributed by atoms with Crippen LogP contribution in [0.1, 0.15) is 12.0 Å². The molecule has 1 N–H and O–H groups in total. The number of hydrogen-bond acceptors (Lipinski definition) is 5. The molecule has 1 aliphatic heterocycles. The summed E-state index contributed by atoms with van der Waals surface area (Å²) in [6.07, 6.45) is 0.903. The van der Waals surface area contributed by atoms with Gasteiger partial charge in [-0.25, -0.2) is 0 Å². The van der Waals surface area contributed by atoms with E-state index in [4.69, 9.17) is 9.47 Å². The fourth-order valence-electron chi connectivity index (χ4n) is 2.72. The zero-order valence-corrected chi connectivity index (χ0v) is 15.2. The number of carbonyl (C=O) groups is 2. The fourth-order valence-corrected chi connectivity index (χ4v) is 2.72. The first-order valence-electron chi connectivity index (χ1n) is 8.47. The van der Waals surface area contributed by atoms with E-state index in [9.17, 15) is 9.59 Å². The van der Waals surface area contributed by atoms with Crippen LogP contribution < -0.4 is 14.8 Å². The van der Waals surface area contributed by atoms with Gasteiger partial charge in [-0.15, -0.1) is 0 Å². The average Bonchev–Trinajstić information content (AvgIpc) is 2.64. The number of methoxy groups -OCH3 is 2. The van der Waals surface area contributed by atoms with Crippen LogP contribution in [0.25, 0.3) is 0 Å². The zero-order chi connectivity index (χ0) is 18.2. The number of aryl methyl sites for hydroxylation is 1. The third-order valence-electron chi connectivity index (χ3n) is 4.38. The molecule has 2 amide bonds. The largest absolute Gasteiger partial charge is 0.493 e. The quantitative estimate of drug-likeness (QED) is 0.777. The Bertz CT molecular complexity index is 598. The molecule has 2 rings (SSSR count). The SMILES string of the molecule is COc1ccc(CCC(=O)NCC(=O)N2CCN(C)CC2)cc1OC. The van der Waals surface area contributed by atoms with Crippen molar-refractivity contribution in [3.8, 4) is 11.5 Å². The van der Waals surface area contributed by atoms with Crippen LogP contribution in [0.4, 0.5) is 0 Å². The van der Waals surface area contributed by atoms with Gasteiger partial charge < -0.3 is 24.6 Å². The molecule has 138 valence electrons. The number of nitrogens with one attached hydrogen (secondary N) is 1. The number of hydrogen-bond donors (Lipinski definition) is 1. The first kappa shape index (κ1) is 19.1. The highest BCUT2D eigenvalue weighted by atomic mass is 16.5. The number of piperazine rings is 1. The van der Waals surface area contributed by atoms with Crippen molar-refractivity contribution in [3.63, 3.8) is 0 Å². The molecule has 0 radical (unpaired) electrons. The summed E-state index contributed by atoms with van der Waals surface area (Å²) in [4.78, 5) is 28.1. The highest BCUT2D eigenvalue weighted by molar-refractivity contribution is 5.84. The summed E-state index contributed by atoms with van der Waals surface area (Å²) in [6.45, 7) is 3.25. The van der Waals surface area contributed by atoms with Gasteiger partial charge in [0.15, 0.2) is 11.5 Å². The van der Waals surface area contributed by atoms with E-state index in [2.05, 4.69) is 10.2 Å². The van der Waals surface area contributed by atoms with Gasteiger partial charge in [0, 0.05) is 32.6 Å². The van der Waals surface area contributed by atoms with Crippen LogP contribution in [0.3, 0.4) is 0 Å². The number of nitrogens with zero attached hydrogens (tertiary/aromatic N) is 2. The van der Waals surface area contributed by atoms with Crippen LogP contribution >= 0.6 is 0 Å². The monoisotopic (exact) mass is 349 g/mol. The summed E-state index contributed by atoms with van der Waals surface area (Å²) < 4.78 is 10.5. The molecule has 0 unspecified atom stereocenters. The highest BCUT2D eigenvalue weighted by Gasteiger charge is 2.19. The van der Waals surface area contributed by atoms with Crippen molar-refractivity contribution in [2.75, 3.05) is 54.0 Å². The molecule has 0 bridgehead atoms. The zero-order valence-electron chi connectivity index (χ0n) is 15.2. The van der Waals surface area contributed by atoms with Crippen LogP contribution in [0, 0.1) is 0 Å². The number of ether oxygens (including phenoxy) is 2. The standard InChI is InChI=1S/C18H27N3O4/c1-20-8-10-21(11-9-20)18(23)13-19-17(22)7-5-14-4-6-15(24-2)16(12-14)25-3/h4,6,12H,5,7-11,13H2,1-3H3,(H,19,22). The second-order valence-electron chi connectivity index (χ2n) is 6.15. The molecule has 0 aliphatic carbocycles. The predicted molar refractivity (Wildman–Crippen MR) is 95.0 cm³/mol. The topological polar surface area (TPSA) is 71.1 Å². The van der Waals surface area contributed by atoms with E-state index in [1.807, 2.05) is 25.2 Å². The molecular weight excluding hydrogens is 322 g/mol. The van der Waals surface area contributed by atoms with Gasteiger partial charge in [0.05, 0.1) is 20.8 Å². The van der Waals surface area contributed by atoms with Gasteiger partial charge in [-0.2, -0.15) is 0 Å². The van der Waals surface area contributed by atoms with E-state index < -0.39 is 0 Å². The van der Waals surface area contributed by atoms with Crippen molar-refractivity contribution in [2.24, 2.45) is 0 Å². The van der Waals surface area contributed by atoms with Crippen molar-refractivity contribution in [2.45, 2.75) is 12.8 Å². The molecule has 1 aromatic rings. The van der Waals surface area contributed by atoms with Gasteiger partial charge in [0.25, 0.3) is 0 Å². The summed E-state index contributed by atoms with van der Waals surface area (Å²) in [5.41, 5.74) is 0.984. The smallest absolute Gasteiger partial charge is 0.242 e. The summed E-state index contributed by atoms with van der Waals surface area (Å²) in [6, 6.07) is 5.59. The van der Waals surface area contributed by atoms with Crippen molar-refractivity contribution in [1.29, 1.82) is 0 Å². The second-order valence-corrected chi connectivity index (χ2v) is 6.15. The summed E-state index contributed by atoms with van der Waals surface area (Å²) >= 11 is 0. The molecule has 0 saturated carbocycles. The molecular formula is C18H27N3O4. The molecule has 1 heterocycles. The average molecular weight is 349 g/mol. The van der Waals surface area contributed by atoms with Crippen molar-refractivity contribution >= 4 is 11.8 Å². The normalized spacial score (nSPS) is 14.9. The summed E-state index contributed by atoms with van der Waals surface area (Å²) in [5, 5.41) is 2.71. The molecule has 7 heteroatoms. The van der Waals surface area contributed by atoms with Gasteiger partial charge >= 0.3 is 0 Å². The number of rotatable bonds is 7. The lowest BCUT2D eigenvalue weighted by Gasteiger charge is -2.32. The van der Waals surface area contributed by atoms with Crippen molar-refractivity contribution in [3.05, 3.63) is 23.8 Å². The Morgan fingerprint density at radius 3 is 2.40 bits per heavy atom. The minimum Gasteiger partial charge on any atom is -0.493 e. The van der Waals surface area contributed by atoms with Crippen LogP contribution in [0.5, 0.6) is 11.5 Å². The first-order valence-corrected chi connectivity index (χ1v) is 8.47. The third-order valence-corrected chi connectivity index (χ3v) is 4.38. The maximum absolute atomic E-state index is 12.1. The Balaban J connectivity index is 1.74. The Kier molecular flexibility index (Phi) is 7.06. The molecule has 0 spiro atoms. The number of benzene rings is 1. The van der Waals surface area contributed by atoms with Crippen LogP contribution in [0.2, 0.25) is 0 Å². The van der Waals surface area contributed by atoms with E-state index >= 15 is 0 Å². The number of amides is 2. The number of carbonyl (C=O) groups excluding carboxylic acids is 2. The maximum atomic E-state index is 12.1. The van der Waals surface area contributed by atoms with Crippen molar-refractivity contribution < 1.29 is 19.1 Å². The van der Waals surface area contributed by atoms with E-state index in [0.717, 1.165) is 31.7 Å². The first-order chi connectivity index (χ1) is 12.0. The lowest BCUT2D eigenvalue weighted by molar-refractivity contribution is -0.134. The van der Waals surface area contributed by atoms with E-state index in [1.54, 1.807) is 19.1 Å². The van der Waals surface area contributed by atoms with Crippen LogP contribution in [-0.4, -0.2) is 75.6 Å². The van der Waals surface area contributed by atoms with E-state index in [-0.39, 0.29) is 18.4 Å². The molecule has 0 atom stereocenters. The fraction of sp³-hybridized carbons (Fsp3) is 0.556. The second kappa shape index (κ2) is 9.27. The Labute approximate surface area is 148 Å². The minimum absolute atomic E-state index is 0.0208. The molecule has 1 fully saturated rings. The summed E-state index contributed by atoms with van der Waals surface area (Å²) in [5.74, 6) is 1.16. The summed E-state index contributed by atoms with van der Waals surface area (Å²) in [7, 11) is 5.21. The van der Waals surface area contributed by atoms with Crippen molar-refractivity contribution in [1.82, 2.24) is 15.1 Å². The molecule has 1 saturated heterocycles. The van der Waals surface area contributed by atoms with E-state index in [1.165, 1.54) is 0 Å². The molecule has 25 heavy (non-hydrogen) atoms. The minimum atomic E-state index is -0.128. The third kappa shape index (κ3) is 5.63. The molecule has 7 nitrogen and oxygen atoms in total. The van der Waals surface area contributed by atoms with Gasteiger partial charge in [0.1, 0.15) is 0 Å². The van der Waals surface area contributed by atoms with Crippen LogP contribution in [-0.2, 0) is 16.0 Å². The molecule has 1 aliphatic rings. The van der Waals surface area contributed by atoms with Gasteiger partial charge in [-0.1, -0.05) is 6.07 Å². The predicted octanol–water partition coefficient (Wildman–Crippen LogP) is 0.527. The van der Waals surface area contributed by atoms with Gasteiger partial charge in [-0.05, 0) is 31.2 Å². The van der Waals surface area contributed by atoms with Crippen LogP contribution in [0.15, 0.2) is 18.2 Å².